The minimum atomic E-state index is 0.204. The van der Waals surface area contributed by atoms with Crippen LogP contribution >= 0.6 is 11.6 Å². The number of rotatable bonds is 4. The number of anilines is 2. The number of aromatic nitrogens is 2. The Morgan fingerprint density at radius 1 is 1.53 bits per heavy atom. The van der Waals surface area contributed by atoms with E-state index in [1.165, 1.54) is 19.0 Å². The summed E-state index contributed by atoms with van der Waals surface area (Å²) in [5, 5.41) is 3.36. The molecule has 0 radical (unpaired) electrons. The molecule has 1 aromatic heterocycles. The Bertz CT molecular complexity index is 368. The smallest absolute Gasteiger partial charge is 0.224 e. The van der Waals surface area contributed by atoms with E-state index in [4.69, 9.17) is 22.1 Å². The summed E-state index contributed by atoms with van der Waals surface area (Å²) in [5.41, 5.74) is 6.24. The zero-order chi connectivity index (χ0) is 12.1. The molecular formula is C11H17ClN4O. The minimum Gasteiger partial charge on any atom is -0.394 e. The number of halogens is 1. The van der Waals surface area contributed by atoms with E-state index in [1.54, 1.807) is 0 Å². The molecule has 5 nitrogen and oxygen atoms in total. The van der Waals surface area contributed by atoms with Gasteiger partial charge in [-0.2, -0.15) is 4.98 Å². The van der Waals surface area contributed by atoms with E-state index in [-0.39, 0.29) is 5.28 Å². The molecule has 17 heavy (non-hydrogen) atoms. The van der Waals surface area contributed by atoms with E-state index in [0.717, 1.165) is 26.0 Å². The largest absolute Gasteiger partial charge is 0.394 e. The summed E-state index contributed by atoms with van der Waals surface area (Å²) in [6.07, 6.45) is 6.40. The monoisotopic (exact) mass is 256 g/mol. The van der Waals surface area contributed by atoms with E-state index in [1.807, 2.05) is 0 Å². The Kier molecular flexibility index (Phi) is 4.39. The van der Waals surface area contributed by atoms with Crippen LogP contribution < -0.4 is 11.1 Å². The lowest BCUT2D eigenvalue weighted by molar-refractivity contribution is 0.0134. The van der Waals surface area contributed by atoms with Gasteiger partial charge in [-0.3, -0.25) is 0 Å². The van der Waals surface area contributed by atoms with Crippen LogP contribution in [-0.2, 0) is 4.74 Å². The molecule has 1 aliphatic rings. The number of nitrogens with zero attached hydrogens (tertiary/aromatic N) is 2. The van der Waals surface area contributed by atoms with Crippen LogP contribution in [0.5, 0.6) is 0 Å². The van der Waals surface area contributed by atoms with Gasteiger partial charge in [-0.1, -0.05) is 0 Å². The van der Waals surface area contributed by atoms with E-state index < -0.39 is 0 Å². The van der Waals surface area contributed by atoms with Crippen LogP contribution in [0.1, 0.15) is 25.7 Å². The molecule has 1 aromatic rings. The average molecular weight is 257 g/mol. The summed E-state index contributed by atoms with van der Waals surface area (Å²) in [5.74, 6) is 0.598. The predicted molar refractivity (Wildman–Crippen MR) is 68.2 cm³/mol. The lowest BCUT2D eigenvalue weighted by Gasteiger charge is -2.22. The van der Waals surface area contributed by atoms with E-state index in [2.05, 4.69) is 15.3 Å². The highest BCUT2D eigenvalue weighted by molar-refractivity contribution is 6.28. The van der Waals surface area contributed by atoms with Crippen LogP contribution in [0.4, 0.5) is 11.5 Å². The summed E-state index contributed by atoms with van der Waals surface area (Å²) in [6, 6.07) is 0. The minimum absolute atomic E-state index is 0.204. The van der Waals surface area contributed by atoms with Gasteiger partial charge in [-0.25, -0.2) is 4.98 Å². The van der Waals surface area contributed by atoms with Gasteiger partial charge in [-0.05, 0) is 37.3 Å². The SMILES string of the molecule is Nc1cnc(Cl)nc1NCCC1CCCCO1. The lowest BCUT2D eigenvalue weighted by atomic mass is 10.1. The number of nitrogens with two attached hydrogens (primary N) is 1. The second-order valence-corrected chi connectivity index (χ2v) is 4.49. The molecule has 94 valence electrons. The highest BCUT2D eigenvalue weighted by atomic mass is 35.5. The molecule has 1 aliphatic heterocycles. The summed E-state index contributed by atoms with van der Waals surface area (Å²) in [7, 11) is 0. The molecular weight excluding hydrogens is 240 g/mol. The summed E-state index contributed by atoms with van der Waals surface area (Å²) < 4.78 is 5.64. The highest BCUT2D eigenvalue weighted by Gasteiger charge is 2.13. The maximum atomic E-state index is 5.73. The van der Waals surface area contributed by atoms with Crippen molar-refractivity contribution in [1.29, 1.82) is 0 Å². The fourth-order valence-corrected chi connectivity index (χ4v) is 2.03. The molecule has 1 saturated heterocycles. The zero-order valence-electron chi connectivity index (χ0n) is 9.66. The molecule has 6 heteroatoms. The molecule has 2 rings (SSSR count). The van der Waals surface area contributed by atoms with Crippen LogP contribution in [0.2, 0.25) is 5.28 Å². The zero-order valence-corrected chi connectivity index (χ0v) is 10.4. The first-order valence-electron chi connectivity index (χ1n) is 5.89. The van der Waals surface area contributed by atoms with E-state index >= 15 is 0 Å². The van der Waals surface area contributed by atoms with Gasteiger partial charge in [0.1, 0.15) is 0 Å². The van der Waals surface area contributed by atoms with Crippen LogP contribution in [-0.4, -0.2) is 29.2 Å². The van der Waals surface area contributed by atoms with Gasteiger partial charge in [0.25, 0.3) is 0 Å². The van der Waals surface area contributed by atoms with Crippen molar-refractivity contribution < 1.29 is 4.74 Å². The quantitative estimate of drug-likeness (QED) is 0.807. The standard InChI is InChI=1S/C11H17ClN4O/c12-11-15-7-9(13)10(16-11)14-5-4-8-3-1-2-6-17-8/h7-8H,1-6,13H2,(H,14,15,16). The van der Waals surface area contributed by atoms with Gasteiger partial charge in [0.2, 0.25) is 5.28 Å². The molecule has 1 fully saturated rings. The van der Waals surface area contributed by atoms with Crippen molar-refractivity contribution in [3.8, 4) is 0 Å². The Balaban J connectivity index is 1.79. The van der Waals surface area contributed by atoms with Crippen molar-refractivity contribution in [2.24, 2.45) is 0 Å². The number of nitrogen functional groups attached to an aromatic ring is 1. The maximum Gasteiger partial charge on any atom is 0.224 e. The van der Waals surface area contributed by atoms with Crippen molar-refractivity contribution in [3.63, 3.8) is 0 Å². The molecule has 3 N–H and O–H groups in total. The summed E-state index contributed by atoms with van der Waals surface area (Å²) >= 11 is 5.70. The van der Waals surface area contributed by atoms with Crippen molar-refractivity contribution >= 4 is 23.1 Å². The Morgan fingerprint density at radius 2 is 2.41 bits per heavy atom. The predicted octanol–water partition coefficient (Wildman–Crippen LogP) is 2.08. The van der Waals surface area contributed by atoms with Crippen LogP contribution in [0.3, 0.4) is 0 Å². The molecule has 1 unspecified atom stereocenters. The van der Waals surface area contributed by atoms with Gasteiger partial charge in [0.15, 0.2) is 5.82 Å². The summed E-state index contributed by atoms with van der Waals surface area (Å²) in [4.78, 5) is 7.83. The van der Waals surface area contributed by atoms with Gasteiger partial charge >= 0.3 is 0 Å². The molecule has 0 aliphatic carbocycles. The Morgan fingerprint density at radius 3 is 3.18 bits per heavy atom. The molecule has 0 amide bonds. The van der Waals surface area contributed by atoms with Gasteiger partial charge in [-0.15, -0.1) is 0 Å². The second kappa shape index (κ2) is 6.02. The molecule has 0 saturated carbocycles. The van der Waals surface area contributed by atoms with Gasteiger partial charge in [0.05, 0.1) is 18.0 Å². The van der Waals surface area contributed by atoms with Crippen LogP contribution in [0, 0.1) is 0 Å². The highest BCUT2D eigenvalue weighted by Crippen LogP contribution is 2.18. The van der Waals surface area contributed by atoms with Crippen LogP contribution in [0.15, 0.2) is 6.20 Å². The maximum absolute atomic E-state index is 5.73. The first-order chi connectivity index (χ1) is 8.25. The van der Waals surface area contributed by atoms with Crippen molar-refractivity contribution in [3.05, 3.63) is 11.5 Å². The third-order valence-electron chi connectivity index (χ3n) is 2.82. The number of nitrogens with one attached hydrogen (secondary N) is 1. The number of ether oxygens (including phenoxy) is 1. The fourth-order valence-electron chi connectivity index (χ4n) is 1.90. The van der Waals surface area contributed by atoms with E-state index in [0.29, 0.717) is 17.6 Å². The van der Waals surface area contributed by atoms with Crippen molar-refractivity contribution in [2.75, 3.05) is 24.2 Å². The Labute approximate surface area is 106 Å². The molecule has 2 heterocycles. The number of hydrogen-bond acceptors (Lipinski definition) is 5. The topological polar surface area (TPSA) is 73.1 Å². The van der Waals surface area contributed by atoms with Gasteiger partial charge < -0.3 is 15.8 Å². The van der Waals surface area contributed by atoms with Crippen molar-refractivity contribution in [1.82, 2.24) is 9.97 Å². The first kappa shape index (κ1) is 12.4. The second-order valence-electron chi connectivity index (χ2n) is 4.15. The lowest BCUT2D eigenvalue weighted by Crippen LogP contribution is -2.22. The average Bonchev–Trinajstić information content (AvgIpc) is 2.35. The first-order valence-corrected chi connectivity index (χ1v) is 6.27. The molecule has 1 atom stereocenters. The third kappa shape index (κ3) is 3.71. The normalized spacial score (nSPS) is 20.2. The molecule has 0 spiro atoms. The number of hydrogen-bond donors (Lipinski definition) is 2. The molecule has 0 bridgehead atoms. The van der Waals surface area contributed by atoms with Gasteiger partial charge in [0, 0.05) is 13.2 Å². The molecule has 0 aromatic carbocycles. The van der Waals surface area contributed by atoms with E-state index in [9.17, 15) is 0 Å². The summed E-state index contributed by atoms with van der Waals surface area (Å²) in [6.45, 7) is 1.66. The third-order valence-corrected chi connectivity index (χ3v) is 3.00. The fraction of sp³-hybridized carbons (Fsp3) is 0.636. The Hall–Kier alpha value is -1.07. The van der Waals surface area contributed by atoms with Crippen LogP contribution in [0.25, 0.3) is 0 Å². The van der Waals surface area contributed by atoms with Crippen molar-refractivity contribution in [2.45, 2.75) is 31.8 Å².